The van der Waals surface area contributed by atoms with Gasteiger partial charge in [-0.15, -0.1) is 0 Å². The Balaban J connectivity index is 1.81. The van der Waals surface area contributed by atoms with Gasteiger partial charge in [0.15, 0.2) is 0 Å². The van der Waals surface area contributed by atoms with Gasteiger partial charge in [0.2, 0.25) is 0 Å². The maximum atomic E-state index is 12.5. The molecule has 0 bridgehead atoms. The SMILES string of the molecule is COc1ccc(C[C@H](NC(=O)c2cc3ccccc3oc2=O)C(=O)O)cc1. The van der Waals surface area contributed by atoms with Crippen LogP contribution in [0.1, 0.15) is 15.9 Å². The van der Waals surface area contributed by atoms with Crippen LogP contribution in [0.3, 0.4) is 0 Å². The molecule has 0 spiro atoms. The molecule has 1 heterocycles. The van der Waals surface area contributed by atoms with Gasteiger partial charge in [-0.2, -0.15) is 0 Å². The molecule has 3 aromatic rings. The Bertz CT molecular complexity index is 1040. The first-order valence-electron chi connectivity index (χ1n) is 8.17. The number of carbonyl (C=O) groups is 2. The minimum atomic E-state index is -1.20. The van der Waals surface area contributed by atoms with E-state index < -0.39 is 23.5 Å². The normalized spacial score (nSPS) is 11.7. The number of hydrogen-bond acceptors (Lipinski definition) is 5. The zero-order valence-corrected chi connectivity index (χ0v) is 14.5. The molecule has 0 unspecified atom stereocenters. The molecule has 0 saturated carbocycles. The quantitative estimate of drug-likeness (QED) is 0.647. The minimum absolute atomic E-state index is 0.0595. The fourth-order valence-electron chi connectivity index (χ4n) is 2.65. The Morgan fingerprint density at radius 2 is 1.85 bits per heavy atom. The van der Waals surface area contributed by atoms with Crippen molar-refractivity contribution in [3.05, 3.63) is 76.1 Å². The van der Waals surface area contributed by atoms with Crippen LogP contribution < -0.4 is 15.7 Å². The lowest BCUT2D eigenvalue weighted by Gasteiger charge is -2.14. The molecule has 27 heavy (non-hydrogen) atoms. The number of para-hydroxylation sites is 1. The molecule has 0 aliphatic rings. The third kappa shape index (κ3) is 4.14. The smallest absolute Gasteiger partial charge is 0.349 e. The van der Waals surface area contributed by atoms with Crippen molar-refractivity contribution in [3.8, 4) is 5.75 Å². The Hall–Kier alpha value is -3.61. The predicted octanol–water partition coefficient (Wildman–Crippen LogP) is 2.23. The van der Waals surface area contributed by atoms with Crippen LogP contribution in [0.4, 0.5) is 0 Å². The number of nitrogens with one attached hydrogen (secondary N) is 1. The van der Waals surface area contributed by atoms with E-state index in [1.165, 1.54) is 13.2 Å². The van der Waals surface area contributed by atoms with Crippen molar-refractivity contribution in [3.63, 3.8) is 0 Å². The van der Waals surface area contributed by atoms with Crippen LogP contribution in [0.25, 0.3) is 11.0 Å². The highest BCUT2D eigenvalue weighted by molar-refractivity contribution is 5.98. The Kier molecular flexibility index (Phi) is 5.21. The monoisotopic (exact) mass is 367 g/mol. The van der Waals surface area contributed by atoms with Crippen LogP contribution in [-0.4, -0.2) is 30.1 Å². The number of carbonyl (C=O) groups excluding carboxylic acids is 1. The van der Waals surface area contributed by atoms with E-state index in [0.717, 1.165) is 0 Å². The van der Waals surface area contributed by atoms with E-state index in [9.17, 15) is 19.5 Å². The van der Waals surface area contributed by atoms with E-state index in [1.807, 2.05) is 0 Å². The maximum absolute atomic E-state index is 12.5. The second-order valence-corrected chi connectivity index (χ2v) is 5.90. The molecule has 0 fully saturated rings. The number of aliphatic carboxylic acids is 1. The van der Waals surface area contributed by atoms with Crippen LogP contribution in [0.2, 0.25) is 0 Å². The first-order valence-corrected chi connectivity index (χ1v) is 8.17. The van der Waals surface area contributed by atoms with Gasteiger partial charge < -0.3 is 19.6 Å². The number of hydrogen-bond donors (Lipinski definition) is 2. The topological polar surface area (TPSA) is 106 Å². The van der Waals surface area contributed by atoms with Crippen molar-refractivity contribution in [2.75, 3.05) is 7.11 Å². The molecular weight excluding hydrogens is 350 g/mol. The maximum Gasteiger partial charge on any atom is 0.349 e. The molecule has 3 rings (SSSR count). The average molecular weight is 367 g/mol. The van der Waals surface area contributed by atoms with Gasteiger partial charge in [-0.1, -0.05) is 30.3 Å². The highest BCUT2D eigenvalue weighted by Gasteiger charge is 2.23. The summed E-state index contributed by atoms with van der Waals surface area (Å²) >= 11 is 0. The highest BCUT2D eigenvalue weighted by Crippen LogP contribution is 2.14. The lowest BCUT2D eigenvalue weighted by molar-refractivity contribution is -0.139. The first kappa shape index (κ1) is 18.2. The van der Waals surface area contributed by atoms with E-state index >= 15 is 0 Å². The van der Waals surface area contributed by atoms with Gasteiger partial charge in [-0.05, 0) is 29.8 Å². The molecule has 1 atom stereocenters. The van der Waals surface area contributed by atoms with Crippen molar-refractivity contribution in [2.45, 2.75) is 12.5 Å². The molecular formula is C20H17NO6. The Labute approximate surface area is 154 Å². The third-order valence-corrected chi connectivity index (χ3v) is 4.09. The number of benzene rings is 2. The van der Waals surface area contributed by atoms with Crippen molar-refractivity contribution >= 4 is 22.8 Å². The third-order valence-electron chi connectivity index (χ3n) is 4.09. The molecule has 0 radical (unpaired) electrons. The van der Waals surface area contributed by atoms with Gasteiger partial charge in [0.25, 0.3) is 5.91 Å². The van der Waals surface area contributed by atoms with Crippen LogP contribution in [0.15, 0.2) is 63.8 Å². The molecule has 0 saturated heterocycles. The number of amides is 1. The minimum Gasteiger partial charge on any atom is -0.497 e. The summed E-state index contributed by atoms with van der Waals surface area (Å²) in [5.74, 6) is -1.36. The van der Waals surface area contributed by atoms with E-state index in [2.05, 4.69) is 5.32 Å². The molecule has 1 amide bonds. The van der Waals surface area contributed by atoms with Crippen molar-refractivity contribution in [2.24, 2.45) is 0 Å². The summed E-state index contributed by atoms with van der Waals surface area (Å²) in [6.07, 6.45) is 0.0595. The summed E-state index contributed by atoms with van der Waals surface area (Å²) in [6, 6.07) is 13.8. The Morgan fingerprint density at radius 3 is 2.52 bits per heavy atom. The molecule has 2 aromatic carbocycles. The van der Waals surface area contributed by atoms with E-state index in [-0.39, 0.29) is 12.0 Å². The second-order valence-electron chi connectivity index (χ2n) is 5.90. The molecule has 7 nitrogen and oxygen atoms in total. The van der Waals surface area contributed by atoms with Gasteiger partial charge in [-0.25, -0.2) is 9.59 Å². The largest absolute Gasteiger partial charge is 0.497 e. The van der Waals surface area contributed by atoms with Gasteiger partial charge >= 0.3 is 11.6 Å². The predicted molar refractivity (Wildman–Crippen MR) is 98.1 cm³/mol. The van der Waals surface area contributed by atoms with Crippen LogP contribution in [-0.2, 0) is 11.2 Å². The fourth-order valence-corrected chi connectivity index (χ4v) is 2.65. The summed E-state index contributed by atoms with van der Waals surface area (Å²) < 4.78 is 10.2. The van der Waals surface area contributed by atoms with Crippen molar-refractivity contribution in [1.29, 1.82) is 0 Å². The molecule has 0 aliphatic heterocycles. The van der Waals surface area contributed by atoms with Crippen LogP contribution in [0, 0.1) is 0 Å². The van der Waals surface area contributed by atoms with E-state index in [0.29, 0.717) is 22.3 Å². The average Bonchev–Trinajstić information content (AvgIpc) is 2.67. The van der Waals surface area contributed by atoms with Crippen LogP contribution in [0.5, 0.6) is 5.75 Å². The molecule has 0 aliphatic carbocycles. The number of carboxylic acids is 1. The van der Waals surface area contributed by atoms with E-state index in [4.69, 9.17) is 9.15 Å². The summed E-state index contributed by atoms with van der Waals surface area (Å²) in [4.78, 5) is 36.1. The lowest BCUT2D eigenvalue weighted by atomic mass is 10.1. The van der Waals surface area contributed by atoms with Crippen LogP contribution >= 0.6 is 0 Å². The summed E-state index contributed by atoms with van der Waals surface area (Å²) in [7, 11) is 1.53. The molecule has 2 N–H and O–H groups in total. The standard InChI is InChI=1S/C20H17NO6/c1-26-14-8-6-12(7-9-14)10-16(19(23)24)21-18(22)15-11-13-4-2-3-5-17(13)27-20(15)25/h2-9,11,16H,10H2,1H3,(H,21,22)(H,23,24)/t16-/m0/s1. The Morgan fingerprint density at radius 1 is 1.15 bits per heavy atom. The summed E-state index contributed by atoms with van der Waals surface area (Å²) in [5, 5.41) is 12.4. The van der Waals surface area contributed by atoms with Crippen molar-refractivity contribution < 1.29 is 23.8 Å². The second kappa shape index (κ2) is 7.74. The van der Waals surface area contributed by atoms with Crippen molar-refractivity contribution in [1.82, 2.24) is 5.32 Å². The number of rotatable bonds is 6. The van der Waals surface area contributed by atoms with E-state index in [1.54, 1.807) is 48.5 Å². The number of ether oxygens (including phenoxy) is 1. The van der Waals surface area contributed by atoms with Gasteiger partial charge in [0.05, 0.1) is 7.11 Å². The molecule has 7 heteroatoms. The lowest BCUT2D eigenvalue weighted by Crippen LogP contribution is -2.43. The van der Waals surface area contributed by atoms with Gasteiger partial charge in [0, 0.05) is 11.8 Å². The highest BCUT2D eigenvalue weighted by atomic mass is 16.5. The summed E-state index contributed by atoms with van der Waals surface area (Å²) in [5.41, 5.74) is -0.00409. The number of methoxy groups -OCH3 is 1. The van der Waals surface area contributed by atoms with Gasteiger partial charge in [0.1, 0.15) is 22.9 Å². The first-order chi connectivity index (χ1) is 13.0. The van der Waals surface area contributed by atoms with Gasteiger partial charge in [-0.3, -0.25) is 4.79 Å². The fraction of sp³-hybridized carbons (Fsp3) is 0.150. The summed E-state index contributed by atoms with van der Waals surface area (Å²) in [6.45, 7) is 0. The molecule has 138 valence electrons. The number of fused-ring (bicyclic) bond motifs is 1. The zero-order valence-electron chi connectivity index (χ0n) is 14.5. The zero-order chi connectivity index (χ0) is 19.4. The molecule has 1 aromatic heterocycles. The number of carboxylic acid groups (broad SMARTS) is 1.